The molecular weight excluding hydrogens is 140 g/mol. The van der Waals surface area contributed by atoms with Crippen LogP contribution in [0.1, 0.15) is 26.7 Å². The van der Waals surface area contributed by atoms with Gasteiger partial charge in [0.2, 0.25) is 0 Å². The van der Waals surface area contributed by atoms with Crippen molar-refractivity contribution < 1.29 is 9.47 Å². The number of rotatable bonds is 3. The largest absolute Gasteiger partial charge is 0.348 e. The zero-order valence-corrected chi connectivity index (χ0v) is 7.22. The van der Waals surface area contributed by atoms with Crippen LogP contribution >= 0.6 is 0 Å². The van der Waals surface area contributed by atoms with Crippen molar-refractivity contribution in [2.75, 3.05) is 13.2 Å². The Balaban J connectivity index is 2.23. The molecule has 11 heavy (non-hydrogen) atoms. The lowest BCUT2D eigenvalue weighted by atomic mass is 10.1. The molecule has 0 amide bonds. The van der Waals surface area contributed by atoms with Gasteiger partial charge in [-0.15, -0.1) is 0 Å². The molecule has 1 saturated heterocycles. The van der Waals surface area contributed by atoms with Crippen molar-refractivity contribution >= 4 is 0 Å². The summed E-state index contributed by atoms with van der Waals surface area (Å²) in [5.74, 6) is -0.326. The molecule has 1 rings (SSSR count). The van der Waals surface area contributed by atoms with Crippen LogP contribution in [0.4, 0.5) is 0 Å². The predicted octanol–water partition coefficient (Wildman–Crippen LogP) is 1.91. The van der Waals surface area contributed by atoms with E-state index in [9.17, 15) is 0 Å². The predicted molar refractivity (Wildman–Crippen MR) is 43.0 cm³/mol. The molecule has 0 N–H and O–H groups in total. The molecular formula is C9H15O2. The summed E-state index contributed by atoms with van der Waals surface area (Å²) in [6.07, 6.45) is 6.89. The smallest absolute Gasteiger partial charge is 0.166 e. The Morgan fingerprint density at radius 1 is 1.45 bits per heavy atom. The molecule has 0 atom stereocenters. The Kier molecular flexibility index (Phi) is 3.09. The summed E-state index contributed by atoms with van der Waals surface area (Å²) in [6, 6.07) is 0. The summed E-state index contributed by atoms with van der Waals surface area (Å²) in [5, 5.41) is 0. The Morgan fingerprint density at radius 2 is 2.09 bits per heavy atom. The molecule has 0 aromatic heterocycles. The van der Waals surface area contributed by atoms with Gasteiger partial charge >= 0.3 is 0 Å². The van der Waals surface area contributed by atoms with Crippen LogP contribution < -0.4 is 0 Å². The lowest BCUT2D eigenvalue weighted by Gasteiger charge is -2.20. The maximum absolute atomic E-state index is 5.42. The molecule has 0 aromatic carbocycles. The van der Waals surface area contributed by atoms with Gasteiger partial charge in [0, 0.05) is 6.42 Å². The van der Waals surface area contributed by atoms with E-state index in [1.54, 1.807) is 0 Å². The van der Waals surface area contributed by atoms with Gasteiger partial charge in [0.1, 0.15) is 0 Å². The van der Waals surface area contributed by atoms with E-state index >= 15 is 0 Å². The molecule has 1 aliphatic heterocycles. The standard InChI is InChI=1S/C9H15O2/c1-3-4-5-6-9(2)10-7-8-11-9/h4H,5-8H2,1-2H3. The second kappa shape index (κ2) is 3.88. The minimum atomic E-state index is -0.326. The van der Waals surface area contributed by atoms with Crippen LogP contribution in [0.3, 0.4) is 0 Å². The van der Waals surface area contributed by atoms with Gasteiger partial charge in [0.05, 0.1) is 13.2 Å². The SMILES string of the molecule is C[C]=CCCC1(C)OCCO1. The first-order chi connectivity index (χ1) is 5.27. The summed E-state index contributed by atoms with van der Waals surface area (Å²) in [4.78, 5) is 0. The molecule has 0 spiro atoms. The quantitative estimate of drug-likeness (QED) is 0.619. The Labute approximate surface area is 68.2 Å². The van der Waals surface area contributed by atoms with Crippen LogP contribution in [0.2, 0.25) is 0 Å². The van der Waals surface area contributed by atoms with Crippen molar-refractivity contribution in [1.82, 2.24) is 0 Å². The molecule has 2 nitrogen and oxygen atoms in total. The summed E-state index contributed by atoms with van der Waals surface area (Å²) in [7, 11) is 0. The molecule has 0 saturated carbocycles. The molecule has 1 fully saturated rings. The van der Waals surface area contributed by atoms with Gasteiger partial charge in [-0.1, -0.05) is 12.2 Å². The zero-order valence-electron chi connectivity index (χ0n) is 7.22. The van der Waals surface area contributed by atoms with E-state index in [0.717, 1.165) is 26.1 Å². The Hall–Kier alpha value is -0.340. The molecule has 0 unspecified atom stereocenters. The third-order valence-electron chi connectivity index (χ3n) is 1.85. The van der Waals surface area contributed by atoms with E-state index in [4.69, 9.17) is 9.47 Å². The zero-order chi connectivity index (χ0) is 8.16. The first-order valence-corrected chi connectivity index (χ1v) is 4.04. The van der Waals surface area contributed by atoms with Crippen molar-refractivity contribution in [3.05, 3.63) is 12.2 Å². The molecule has 2 heteroatoms. The minimum absolute atomic E-state index is 0.326. The van der Waals surface area contributed by atoms with Crippen LogP contribution in [0.5, 0.6) is 0 Å². The molecule has 0 aromatic rings. The molecule has 63 valence electrons. The number of hydrogen-bond donors (Lipinski definition) is 0. The van der Waals surface area contributed by atoms with Crippen LogP contribution in [0.25, 0.3) is 0 Å². The van der Waals surface area contributed by atoms with E-state index < -0.39 is 0 Å². The number of hydrogen-bond acceptors (Lipinski definition) is 2. The van der Waals surface area contributed by atoms with E-state index in [1.807, 2.05) is 19.9 Å². The maximum Gasteiger partial charge on any atom is 0.166 e. The van der Waals surface area contributed by atoms with Crippen molar-refractivity contribution in [3.63, 3.8) is 0 Å². The number of allylic oxidation sites excluding steroid dienone is 2. The van der Waals surface area contributed by atoms with Crippen molar-refractivity contribution in [2.24, 2.45) is 0 Å². The lowest BCUT2D eigenvalue weighted by molar-refractivity contribution is -0.145. The van der Waals surface area contributed by atoms with Gasteiger partial charge in [-0.2, -0.15) is 0 Å². The summed E-state index contributed by atoms with van der Waals surface area (Å²) in [5.41, 5.74) is 0. The van der Waals surface area contributed by atoms with Gasteiger partial charge in [-0.3, -0.25) is 0 Å². The van der Waals surface area contributed by atoms with Gasteiger partial charge in [-0.05, 0) is 20.3 Å². The molecule has 0 aliphatic carbocycles. The van der Waals surface area contributed by atoms with Gasteiger partial charge in [0.15, 0.2) is 5.79 Å². The first kappa shape index (κ1) is 8.75. The minimum Gasteiger partial charge on any atom is -0.348 e. The maximum atomic E-state index is 5.42. The van der Waals surface area contributed by atoms with E-state index in [-0.39, 0.29) is 5.79 Å². The fourth-order valence-electron chi connectivity index (χ4n) is 1.18. The van der Waals surface area contributed by atoms with Crippen molar-refractivity contribution in [1.29, 1.82) is 0 Å². The molecule has 1 aliphatic rings. The van der Waals surface area contributed by atoms with Crippen molar-refractivity contribution in [3.8, 4) is 0 Å². The Morgan fingerprint density at radius 3 is 2.64 bits per heavy atom. The highest BCUT2D eigenvalue weighted by Gasteiger charge is 2.29. The fourth-order valence-corrected chi connectivity index (χ4v) is 1.18. The highest BCUT2D eigenvalue weighted by atomic mass is 16.7. The van der Waals surface area contributed by atoms with E-state index in [0.29, 0.717) is 0 Å². The highest BCUT2D eigenvalue weighted by molar-refractivity contribution is 4.76. The van der Waals surface area contributed by atoms with E-state index in [2.05, 4.69) is 6.08 Å². The number of ether oxygens (including phenoxy) is 2. The van der Waals surface area contributed by atoms with Crippen molar-refractivity contribution in [2.45, 2.75) is 32.5 Å². The second-order valence-electron chi connectivity index (χ2n) is 2.86. The fraction of sp³-hybridized carbons (Fsp3) is 0.778. The molecule has 1 heterocycles. The first-order valence-electron chi connectivity index (χ1n) is 4.04. The van der Waals surface area contributed by atoms with Crippen LogP contribution in [-0.4, -0.2) is 19.0 Å². The highest BCUT2D eigenvalue weighted by Crippen LogP contribution is 2.23. The van der Waals surface area contributed by atoms with Crippen LogP contribution in [0.15, 0.2) is 6.08 Å². The van der Waals surface area contributed by atoms with E-state index in [1.165, 1.54) is 0 Å². The van der Waals surface area contributed by atoms with Gasteiger partial charge < -0.3 is 9.47 Å². The van der Waals surface area contributed by atoms with Gasteiger partial charge in [0.25, 0.3) is 0 Å². The molecule has 0 bridgehead atoms. The summed E-state index contributed by atoms with van der Waals surface area (Å²) in [6.45, 7) is 5.36. The van der Waals surface area contributed by atoms with Gasteiger partial charge in [-0.25, -0.2) is 0 Å². The summed E-state index contributed by atoms with van der Waals surface area (Å²) >= 11 is 0. The molecule has 1 radical (unpaired) electrons. The topological polar surface area (TPSA) is 18.5 Å². The lowest BCUT2D eigenvalue weighted by Crippen LogP contribution is -2.24. The average Bonchev–Trinajstić information content (AvgIpc) is 2.38. The summed E-state index contributed by atoms with van der Waals surface area (Å²) < 4.78 is 10.8. The Bertz CT molecular complexity index is 134. The third kappa shape index (κ3) is 2.64. The van der Waals surface area contributed by atoms with Crippen LogP contribution in [0, 0.1) is 6.08 Å². The monoisotopic (exact) mass is 155 g/mol. The third-order valence-corrected chi connectivity index (χ3v) is 1.85. The van der Waals surface area contributed by atoms with Crippen LogP contribution in [-0.2, 0) is 9.47 Å². The average molecular weight is 155 g/mol. The normalized spacial score (nSPS) is 23.1. The second-order valence-corrected chi connectivity index (χ2v) is 2.86.